The second-order valence-corrected chi connectivity index (χ2v) is 4.18. The van der Waals surface area contributed by atoms with E-state index in [0.717, 1.165) is 17.8 Å². The van der Waals surface area contributed by atoms with Crippen molar-refractivity contribution in [2.24, 2.45) is 0 Å². The zero-order chi connectivity index (χ0) is 15.6. The van der Waals surface area contributed by atoms with Crippen LogP contribution in [0, 0.1) is 0 Å². The first kappa shape index (κ1) is 16.7. The Labute approximate surface area is 113 Å². The summed E-state index contributed by atoms with van der Waals surface area (Å²) in [6, 6.07) is 0.851. The van der Waals surface area contributed by atoms with Gasteiger partial charge in [0, 0.05) is 13.1 Å². The van der Waals surface area contributed by atoms with E-state index in [9.17, 15) is 26.3 Å². The summed E-state index contributed by atoms with van der Waals surface area (Å²) in [7, 11) is 1.40. The third kappa shape index (κ3) is 4.32. The van der Waals surface area contributed by atoms with Gasteiger partial charge in [0.25, 0.3) is 6.10 Å². The molecule has 0 saturated heterocycles. The fourth-order valence-electron chi connectivity index (χ4n) is 1.12. The summed E-state index contributed by atoms with van der Waals surface area (Å²) in [6.07, 6.45) is -13.6. The van der Waals surface area contributed by atoms with Gasteiger partial charge in [-0.2, -0.15) is 31.3 Å². The fourth-order valence-corrected chi connectivity index (χ4v) is 1.49. The molecule has 0 aliphatic rings. The van der Waals surface area contributed by atoms with Crippen LogP contribution in [0.15, 0.2) is 11.2 Å². The highest BCUT2D eigenvalue weighted by Gasteiger charge is 2.59. The van der Waals surface area contributed by atoms with Gasteiger partial charge in [0.05, 0.1) is 0 Å². The van der Waals surface area contributed by atoms with Crippen LogP contribution in [0.3, 0.4) is 0 Å². The average Bonchev–Trinajstić information content (AvgIpc) is 2.32. The number of anilines is 1. The van der Waals surface area contributed by atoms with Crippen LogP contribution in [-0.4, -0.2) is 41.7 Å². The minimum atomic E-state index is -5.59. The number of rotatable bonds is 4. The number of nitrogens with zero attached hydrogens (tertiary/aromatic N) is 2. The molecule has 0 bridgehead atoms. The number of halogens is 6. The van der Waals surface area contributed by atoms with Gasteiger partial charge in [-0.25, -0.2) is 4.98 Å². The van der Waals surface area contributed by atoms with Crippen LogP contribution in [0.4, 0.5) is 32.2 Å². The van der Waals surface area contributed by atoms with Crippen molar-refractivity contribution < 1.29 is 31.1 Å². The van der Waals surface area contributed by atoms with E-state index >= 15 is 0 Å². The van der Waals surface area contributed by atoms with Crippen molar-refractivity contribution in [1.29, 1.82) is 0 Å². The second-order valence-electron chi connectivity index (χ2n) is 3.41. The van der Waals surface area contributed by atoms with Crippen LogP contribution in [0.1, 0.15) is 0 Å². The topological polar surface area (TPSA) is 47.0 Å². The largest absolute Gasteiger partial charge is 0.455 e. The standard InChI is InChI=1S/C9H9F6N3OS/c1-16-4-3-5(18-7(17-4)20-2)19-6(8(10,11)12)9(13,14)15/h3,6H,1-2H3,(H,16,17,18). The summed E-state index contributed by atoms with van der Waals surface area (Å²) < 4.78 is 78.1. The number of thioether (sulfide) groups is 1. The molecule has 0 aliphatic carbocycles. The Morgan fingerprint density at radius 2 is 1.70 bits per heavy atom. The lowest BCUT2D eigenvalue weighted by atomic mass is 10.3. The summed E-state index contributed by atoms with van der Waals surface area (Å²) in [4.78, 5) is 7.26. The van der Waals surface area contributed by atoms with Gasteiger partial charge in [0.15, 0.2) is 5.16 Å². The molecule has 0 atom stereocenters. The molecule has 0 aliphatic heterocycles. The van der Waals surface area contributed by atoms with E-state index in [4.69, 9.17) is 0 Å². The second kappa shape index (κ2) is 5.94. The van der Waals surface area contributed by atoms with Gasteiger partial charge in [0.2, 0.25) is 5.88 Å². The van der Waals surface area contributed by atoms with Gasteiger partial charge in [-0.05, 0) is 6.26 Å². The van der Waals surface area contributed by atoms with Crippen molar-refractivity contribution in [3.05, 3.63) is 6.07 Å². The van der Waals surface area contributed by atoms with Crippen LogP contribution in [0.25, 0.3) is 0 Å². The monoisotopic (exact) mass is 321 g/mol. The molecule has 0 unspecified atom stereocenters. The van der Waals surface area contributed by atoms with Crippen molar-refractivity contribution in [3.8, 4) is 5.88 Å². The smallest absolute Gasteiger partial charge is 0.434 e. The predicted octanol–water partition coefficient (Wildman–Crippen LogP) is 3.11. The molecule has 114 valence electrons. The molecule has 1 aromatic heterocycles. The zero-order valence-electron chi connectivity index (χ0n) is 10.1. The molecule has 0 fully saturated rings. The summed E-state index contributed by atoms with van der Waals surface area (Å²) in [5.74, 6) is -0.768. The van der Waals surface area contributed by atoms with Crippen molar-refractivity contribution in [1.82, 2.24) is 9.97 Å². The van der Waals surface area contributed by atoms with Crippen molar-refractivity contribution in [2.75, 3.05) is 18.6 Å². The van der Waals surface area contributed by atoms with Gasteiger partial charge in [-0.1, -0.05) is 11.8 Å². The Balaban J connectivity index is 3.11. The van der Waals surface area contributed by atoms with Gasteiger partial charge >= 0.3 is 12.4 Å². The zero-order valence-corrected chi connectivity index (χ0v) is 10.9. The van der Waals surface area contributed by atoms with Gasteiger partial charge < -0.3 is 10.1 Å². The summed E-state index contributed by atoms with van der Waals surface area (Å²) >= 11 is 0.950. The summed E-state index contributed by atoms with van der Waals surface area (Å²) in [6.45, 7) is 0. The molecule has 4 nitrogen and oxygen atoms in total. The number of hydrogen-bond acceptors (Lipinski definition) is 5. The van der Waals surface area contributed by atoms with E-state index < -0.39 is 24.3 Å². The molecule has 1 aromatic rings. The molecule has 1 rings (SSSR count). The highest BCUT2D eigenvalue weighted by molar-refractivity contribution is 7.98. The van der Waals surface area contributed by atoms with Crippen molar-refractivity contribution in [2.45, 2.75) is 23.6 Å². The number of aromatic nitrogens is 2. The van der Waals surface area contributed by atoms with Crippen LogP contribution in [0.5, 0.6) is 5.88 Å². The lowest BCUT2D eigenvalue weighted by molar-refractivity contribution is -0.300. The molecule has 0 spiro atoms. The SMILES string of the molecule is CNc1cc(OC(C(F)(F)F)C(F)(F)F)nc(SC)n1. The summed E-state index contributed by atoms with van der Waals surface area (Å²) in [5, 5.41) is 2.47. The Morgan fingerprint density at radius 3 is 2.10 bits per heavy atom. The number of ether oxygens (including phenoxy) is 1. The molecule has 0 aromatic carbocycles. The minimum absolute atomic E-state index is 0.0186. The first-order valence-corrected chi connectivity index (χ1v) is 6.21. The van der Waals surface area contributed by atoms with Crippen LogP contribution >= 0.6 is 11.8 Å². The highest BCUT2D eigenvalue weighted by Crippen LogP contribution is 2.36. The number of hydrogen-bond donors (Lipinski definition) is 1. The third-order valence-electron chi connectivity index (χ3n) is 1.95. The van der Waals surface area contributed by atoms with Crippen LogP contribution in [0.2, 0.25) is 0 Å². The molecule has 11 heteroatoms. The Bertz CT molecular complexity index is 428. The quantitative estimate of drug-likeness (QED) is 0.524. The first-order valence-electron chi connectivity index (χ1n) is 4.99. The predicted molar refractivity (Wildman–Crippen MR) is 59.9 cm³/mol. The molecular weight excluding hydrogens is 312 g/mol. The molecule has 20 heavy (non-hydrogen) atoms. The molecule has 1 heterocycles. The first-order chi connectivity index (χ1) is 9.07. The lowest BCUT2D eigenvalue weighted by Gasteiger charge is -2.23. The number of alkyl halides is 6. The average molecular weight is 321 g/mol. The minimum Gasteiger partial charge on any atom is -0.455 e. The molecule has 0 amide bonds. The molecule has 1 N–H and O–H groups in total. The Hall–Kier alpha value is -1.39. The van der Waals surface area contributed by atoms with Crippen molar-refractivity contribution in [3.63, 3.8) is 0 Å². The fraction of sp³-hybridized carbons (Fsp3) is 0.556. The maximum Gasteiger partial charge on any atom is 0.434 e. The van der Waals surface area contributed by atoms with Gasteiger partial charge in [0.1, 0.15) is 5.82 Å². The van der Waals surface area contributed by atoms with E-state index in [-0.39, 0.29) is 11.0 Å². The lowest BCUT2D eigenvalue weighted by Crippen LogP contribution is -2.46. The molecule has 0 saturated carbocycles. The van der Waals surface area contributed by atoms with Crippen LogP contribution in [-0.2, 0) is 0 Å². The Kier molecular flexibility index (Phi) is 4.95. The van der Waals surface area contributed by atoms with E-state index in [0.29, 0.717) is 0 Å². The molecule has 0 radical (unpaired) electrons. The molecular formula is C9H9F6N3OS. The van der Waals surface area contributed by atoms with E-state index in [1.807, 2.05) is 0 Å². The van der Waals surface area contributed by atoms with E-state index in [2.05, 4.69) is 20.0 Å². The Morgan fingerprint density at radius 1 is 1.15 bits per heavy atom. The van der Waals surface area contributed by atoms with Crippen LogP contribution < -0.4 is 10.1 Å². The maximum absolute atomic E-state index is 12.4. The van der Waals surface area contributed by atoms with E-state index in [1.165, 1.54) is 13.3 Å². The highest BCUT2D eigenvalue weighted by atomic mass is 32.2. The number of nitrogens with one attached hydrogen (secondary N) is 1. The van der Waals surface area contributed by atoms with Gasteiger partial charge in [-0.15, -0.1) is 0 Å². The third-order valence-corrected chi connectivity index (χ3v) is 2.50. The van der Waals surface area contributed by atoms with E-state index in [1.54, 1.807) is 0 Å². The van der Waals surface area contributed by atoms with Crippen molar-refractivity contribution >= 4 is 17.6 Å². The maximum atomic E-state index is 12.4. The summed E-state index contributed by atoms with van der Waals surface area (Å²) in [5.41, 5.74) is 0. The van der Waals surface area contributed by atoms with Gasteiger partial charge in [-0.3, -0.25) is 0 Å². The normalized spacial score (nSPS) is 12.7.